The molecule has 0 amide bonds. The highest BCUT2D eigenvalue weighted by Crippen LogP contribution is 2.21. The number of rotatable bonds is 11. The van der Waals surface area contributed by atoms with Crippen molar-refractivity contribution in [1.82, 2.24) is 10.6 Å². The average Bonchev–Trinajstić information content (AvgIpc) is 3.43. The minimum Gasteiger partial charge on any atom is -0.469 e. The van der Waals surface area contributed by atoms with Gasteiger partial charge in [0, 0.05) is 51.8 Å². The van der Waals surface area contributed by atoms with Crippen LogP contribution in [0.3, 0.4) is 0 Å². The highest BCUT2D eigenvalue weighted by atomic mass is 127. The van der Waals surface area contributed by atoms with E-state index in [9.17, 15) is 0 Å². The van der Waals surface area contributed by atoms with Crippen LogP contribution in [0.5, 0.6) is 0 Å². The molecule has 7 nitrogen and oxygen atoms in total. The first-order chi connectivity index (χ1) is 14.6. The van der Waals surface area contributed by atoms with Crippen LogP contribution in [-0.2, 0) is 15.9 Å². The monoisotopic (exact) mass is 542 g/mol. The molecule has 0 bridgehead atoms. The molecular formula is C23H35IN4O3. The van der Waals surface area contributed by atoms with Crippen LogP contribution in [0, 0.1) is 0 Å². The van der Waals surface area contributed by atoms with Gasteiger partial charge in [0.05, 0.1) is 19.5 Å². The van der Waals surface area contributed by atoms with E-state index in [1.807, 2.05) is 25.1 Å². The maximum atomic E-state index is 5.68. The minimum absolute atomic E-state index is 0. The standard InChI is InChI=1S/C23H34N4O3.HI/c1-23(29-18-19-30-23)12-15-26-22(25-14-11-21-10-6-17-28-21)24-13-7-16-27(2)20-8-4-3-5-9-20;/h3-6,8-10,17H,7,11-16,18-19H2,1-2H3,(H2,24,25,26);1H. The van der Waals surface area contributed by atoms with Crippen LogP contribution in [0.25, 0.3) is 0 Å². The number of nitrogens with zero attached hydrogens (tertiary/aromatic N) is 2. The predicted octanol–water partition coefficient (Wildman–Crippen LogP) is 3.65. The Morgan fingerprint density at radius 1 is 1.06 bits per heavy atom. The maximum absolute atomic E-state index is 5.68. The fraction of sp³-hybridized carbons (Fsp3) is 0.522. The molecule has 0 unspecified atom stereocenters. The van der Waals surface area contributed by atoms with Crippen LogP contribution in [0.2, 0.25) is 0 Å². The van der Waals surface area contributed by atoms with Gasteiger partial charge in [-0.3, -0.25) is 4.99 Å². The Kier molecular flexibility index (Phi) is 11.2. The van der Waals surface area contributed by atoms with E-state index in [1.165, 1.54) is 5.69 Å². The number of ether oxygens (including phenoxy) is 2. The molecule has 0 aliphatic carbocycles. The second-order valence-corrected chi connectivity index (χ2v) is 7.60. The number of anilines is 1. The predicted molar refractivity (Wildman–Crippen MR) is 135 cm³/mol. The van der Waals surface area contributed by atoms with E-state index in [1.54, 1.807) is 6.26 Å². The number of nitrogens with one attached hydrogen (secondary N) is 2. The molecule has 0 saturated carbocycles. The zero-order valence-electron chi connectivity index (χ0n) is 18.5. The molecule has 31 heavy (non-hydrogen) atoms. The zero-order chi connectivity index (χ0) is 21.1. The van der Waals surface area contributed by atoms with E-state index in [4.69, 9.17) is 18.9 Å². The Bertz CT molecular complexity index is 749. The molecule has 3 rings (SSSR count). The van der Waals surface area contributed by atoms with Crippen LogP contribution in [-0.4, -0.2) is 58.2 Å². The Balaban J connectivity index is 0.00000341. The lowest BCUT2D eigenvalue weighted by molar-refractivity contribution is -0.145. The van der Waals surface area contributed by atoms with Crippen molar-refractivity contribution in [1.29, 1.82) is 0 Å². The van der Waals surface area contributed by atoms with Gasteiger partial charge >= 0.3 is 0 Å². The first-order valence-corrected chi connectivity index (χ1v) is 10.7. The molecule has 0 spiro atoms. The summed E-state index contributed by atoms with van der Waals surface area (Å²) in [4.78, 5) is 7.00. The number of aliphatic imine (C=N–C) groups is 1. The summed E-state index contributed by atoms with van der Waals surface area (Å²) in [7, 11) is 2.11. The van der Waals surface area contributed by atoms with Crippen molar-refractivity contribution in [2.45, 2.75) is 32.0 Å². The summed E-state index contributed by atoms with van der Waals surface area (Å²) in [5.41, 5.74) is 1.22. The van der Waals surface area contributed by atoms with Gasteiger partial charge in [-0.1, -0.05) is 18.2 Å². The van der Waals surface area contributed by atoms with Gasteiger partial charge in [-0.2, -0.15) is 0 Å². The van der Waals surface area contributed by atoms with E-state index < -0.39 is 5.79 Å². The van der Waals surface area contributed by atoms with Crippen molar-refractivity contribution in [2.75, 3.05) is 51.3 Å². The molecule has 2 heterocycles. The first-order valence-electron chi connectivity index (χ1n) is 10.7. The summed E-state index contributed by atoms with van der Waals surface area (Å²) in [5.74, 6) is 1.28. The maximum Gasteiger partial charge on any atom is 0.191 e. The second kappa shape index (κ2) is 13.6. The minimum atomic E-state index is -0.495. The average molecular weight is 542 g/mol. The Labute approximate surface area is 202 Å². The van der Waals surface area contributed by atoms with Crippen LogP contribution in [0.4, 0.5) is 5.69 Å². The molecule has 1 saturated heterocycles. The molecule has 2 N–H and O–H groups in total. The SMILES string of the molecule is CN(CCCN=C(NCCc1ccco1)NCCC1(C)OCCO1)c1ccccc1.I. The van der Waals surface area contributed by atoms with Gasteiger partial charge in [-0.25, -0.2) is 0 Å². The fourth-order valence-electron chi connectivity index (χ4n) is 3.35. The van der Waals surface area contributed by atoms with E-state index >= 15 is 0 Å². The lowest BCUT2D eigenvalue weighted by Crippen LogP contribution is -2.41. The summed E-state index contributed by atoms with van der Waals surface area (Å²) in [5, 5.41) is 6.81. The third kappa shape index (κ3) is 9.08. The first kappa shape index (κ1) is 25.5. The van der Waals surface area contributed by atoms with Gasteiger partial charge in [-0.05, 0) is 37.6 Å². The van der Waals surface area contributed by atoms with Gasteiger partial charge in [0.1, 0.15) is 5.76 Å². The highest BCUT2D eigenvalue weighted by Gasteiger charge is 2.30. The Morgan fingerprint density at radius 3 is 2.52 bits per heavy atom. The van der Waals surface area contributed by atoms with E-state index in [0.29, 0.717) is 13.2 Å². The van der Waals surface area contributed by atoms with E-state index in [2.05, 4.69) is 46.8 Å². The van der Waals surface area contributed by atoms with Crippen LogP contribution >= 0.6 is 24.0 Å². The van der Waals surface area contributed by atoms with Gasteiger partial charge < -0.3 is 29.4 Å². The third-order valence-corrected chi connectivity index (χ3v) is 5.13. The normalized spacial score (nSPS) is 15.4. The third-order valence-electron chi connectivity index (χ3n) is 5.13. The molecule has 1 aliphatic heterocycles. The van der Waals surface area contributed by atoms with Gasteiger partial charge in [0.2, 0.25) is 0 Å². The highest BCUT2D eigenvalue weighted by molar-refractivity contribution is 14.0. The molecule has 1 aliphatic rings. The zero-order valence-corrected chi connectivity index (χ0v) is 20.8. The molecule has 1 fully saturated rings. The number of guanidine groups is 1. The van der Waals surface area contributed by atoms with Crippen molar-refractivity contribution in [2.24, 2.45) is 4.99 Å². The molecule has 1 aromatic heterocycles. The van der Waals surface area contributed by atoms with E-state index in [-0.39, 0.29) is 24.0 Å². The van der Waals surface area contributed by atoms with Gasteiger partial charge in [0.15, 0.2) is 11.7 Å². The van der Waals surface area contributed by atoms with Crippen molar-refractivity contribution in [3.05, 3.63) is 54.5 Å². The number of hydrogen-bond donors (Lipinski definition) is 2. The molecule has 2 aromatic rings. The van der Waals surface area contributed by atoms with Crippen molar-refractivity contribution < 1.29 is 13.9 Å². The summed E-state index contributed by atoms with van der Waals surface area (Å²) < 4.78 is 16.8. The van der Waals surface area contributed by atoms with Gasteiger partial charge in [0.25, 0.3) is 0 Å². The Hall–Kier alpha value is -1.78. The topological polar surface area (TPSA) is 71.3 Å². The van der Waals surface area contributed by atoms with Gasteiger partial charge in [-0.15, -0.1) is 24.0 Å². The summed E-state index contributed by atoms with van der Waals surface area (Å²) in [6.07, 6.45) is 4.26. The molecular weight excluding hydrogens is 507 g/mol. The quantitative estimate of drug-likeness (QED) is 0.196. The van der Waals surface area contributed by atoms with Crippen LogP contribution in [0.1, 0.15) is 25.5 Å². The molecule has 1 aromatic carbocycles. The Morgan fingerprint density at radius 2 is 1.81 bits per heavy atom. The largest absolute Gasteiger partial charge is 0.469 e. The second-order valence-electron chi connectivity index (χ2n) is 7.60. The summed E-state index contributed by atoms with van der Waals surface area (Å²) in [6.45, 7) is 6.49. The lowest BCUT2D eigenvalue weighted by Gasteiger charge is -2.23. The summed E-state index contributed by atoms with van der Waals surface area (Å²) in [6, 6.07) is 14.3. The number of halogens is 1. The fourth-order valence-corrected chi connectivity index (χ4v) is 3.35. The van der Waals surface area contributed by atoms with Crippen molar-refractivity contribution in [3.8, 4) is 0 Å². The molecule has 0 atom stereocenters. The van der Waals surface area contributed by atoms with Crippen molar-refractivity contribution >= 4 is 35.6 Å². The van der Waals surface area contributed by atoms with Crippen LogP contribution < -0.4 is 15.5 Å². The number of hydrogen-bond acceptors (Lipinski definition) is 5. The number of furan rings is 1. The molecule has 172 valence electrons. The lowest BCUT2D eigenvalue weighted by atomic mass is 10.2. The number of benzene rings is 1. The van der Waals surface area contributed by atoms with Crippen molar-refractivity contribution in [3.63, 3.8) is 0 Å². The van der Waals surface area contributed by atoms with E-state index in [0.717, 1.165) is 57.2 Å². The number of para-hydroxylation sites is 1. The smallest absolute Gasteiger partial charge is 0.191 e. The molecule has 0 radical (unpaired) electrons. The van der Waals surface area contributed by atoms with Crippen LogP contribution in [0.15, 0.2) is 58.1 Å². The molecule has 8 heteroatoms. The summed E-state index contributed by atoms with van der Waals surface area (Å²) >= 11 is 0.